The normalized spacial score (nSPS) is 13.3. The summed E-state index contributed by atoms with van der Waals surface area (Å²) in [6, 6.07) is 20.2. The van der Waals surface area contributed by atoms with Gasteiger partial charge in [-0.05, 0) is 122 Å². The molecule has 0 fully saturated rings. The molecule has 0 radical (unpaired) electrons. The Kier molecular flexibility index (Phi) is 60.2. The molecule has 3 N–H and O–H groups in total. The van der Waals surface area contributed by atoms with E-state index >= 15 is 0 Å². The zero-order chi connectivity index (χ0) is 115. The van der Waals surface area contributed by atoms with Crippen LogP contribution in [0.3, 0.4) is 0 Å². The quantitative estimate of drug-likeness (QED) is 0.0292. The molecule has 3 aromatic rings. The summed E-state index contributed by atoms with van der Waals surface area (Å²) >= 11 is 0. The predicted molar refractivity (Wildman–Crippen MR) is 601 cm³/mol. The maximum absolute atomic E-state index is 13.7. The van der Waals surface area contributed by atoms with Gasteiger partial charge in [0.2, 0.25) is 11.8 Å². The van der Waals surface area contributed by atoms with E-state index < -0.39 is 50.4 Å². The number of quaternary nitrogens is 1. The minimum atomic E-state index is -4.32. The first-order valence-electron chi connectivity index (χ1n) is 52.8. The van der Waals surface area contributed by atoms with Gasteiger partial charge in [0.25, 0.3) is 0 Å². The minimum absolute atomic E-state index is 0.0200. The highest BCUT2D eigenvalue weighted by Gasteiger charge is 2.49. The van der Waals surface area contributed by atoms with Gasteiger partial charge in [-0.3, -0.25) is 47.9 Å². The number of benzene rings is 3. The molecule has 836 valence electrons. The second-order valence-electron chi connectivity index (χ2n) is 58.3. The summed E-state index contributed by atoms with van der Waals surface area (Å²) in [7, 11) is 3.45. The Balaban J connectivity index is -0.000000514. The maximum Gasteiger partial charge on any atom is 0.392 e. The fourth-order valence-corrected chi connectivity index (χ4v) is 14.4. The molecule has 1 unspecified atom stereocenters. The summed E-state index contributed by atoms with van der Waals surface area (Å²) < 4.78 is 76.7. The number of amides is 2. The third kappa shape index (κ3) is 72.8. The van der Waals surface area contributed by atoms with Crippen LogP contribution in [0.2, 0.25) is 0 Å². The van der Waals surface area contributed by atoms with Gasteiger partial charge in [0, 0.05) is 133 Å². The molecule has 17 nitrogen and oxygen atoms in total. The molecule has 0 aliphatic rings. The second-order valence-corrected chi connectivity index (χ2v) is 60.6. The number of alkyl halides is 3. The first-order valence-corrected chi connectivity index (χ1v) is 54.6. The molecule has 0 bridgehead atoms. The van der Waals surface area contributed by atoms with Crippen molar-refractivity contribution < 1.29 is 78.4 Å². The third-order valence-electron chi connectivity index (χ3n) is 24.1. The van der Waals surface area contributed by atoms with Crippen molar-refractivity contribution in [2.45, 2.75) is 465 Å². The molecular weight excluding hydrogens is 1840 g/mol. The topological polar surface area (TPSA) is 244 Å². The fraction of sp³-hybridized carbons (Fsp3) is 0.770. The molecule has 0 aliphatic carbocycles. The van der Waals surface area contributed by atoms with E-state index in [0.29, 0.717) is 112 Å². The number of nitrogens with zero attached hydrogens (tertiary/aromatic N) is 2. The summed E-state index contributed by atoms with van der Waals surface area (Å²) in [4.78, 5) is 120. The number of likely N-dealkylation sites (N-methyl/N-ethyl adjacent to an activating group) is 2. The standard InChI is InChI=1S/C20H33NO.C18H36N2O2.C17H34N2O2.C16H24O.C15H21FO.C14H28O3S.C12H21F3O.C10H20O/c1-14(2)21-13-16-11-15(12-18(22)20(6,7)8)9-10-17(16)19(3,4)5;1-17(2,3)11-13-20(7,8)14-12-19-16(22)10-9-15(21)18(4,5)6;1-16(2,3)10-12-19(7)13-11-18-15(21)9-8-14(20)17(4,5)6;1-15(2,3)13-9-7-12(8-10-13)11-14(17)16(4,5)6;1-14(2,3)10-7-8-12(16)11(9-10)13(17)15(4,5)6;1-13(2,3)9-11-18(16,17)10-7-8-12(15)14(4,5)6;1-10(2,3)8(12(13,14)15)7-9(16)11(4,5)6;1-9(2,3)7-8(11)10(4,5)6/h9-11,14,21H,12-13H2,1-8H3;9-14H2,1-8H3;8-13H2,1-7H3,(H,18,21);7-10H,11H2,1-6H3;7-9H,1-6H3;7-11H2,1-6H3;8H,7H2,1-6H3;7H2,1-6H3/p+1. The molecule has 2 amide bonds. The van der Waals surface area contributed by atoms with Crippen LogP contribution in [0.5, 0.6) is 0 Å². The first kappa shape index (κ1) is 146. The third-order valence-corrected chi connectivity index (χ3v) is 25.8. The van der Waals surface area contributed by atoms with E-state index in [2.05, 4.69) is 202 Å². The summed E-state index contributed by atoms with van der Waals surface area (Å²) in [5.74, 6) is -0.853. The van der Waals surface area contributed by atoms with Gasteiger partial charge in [-0.25, -0.2) is 12.8 Å². The van der Waals surface area contributed by atoms with Crippen LogP contribution >= 0.6 is 0 Å². The minimum Gasteiger partial charge on any atom is -0.355 e. The van der Waals surface area contributed by atoms with Crippen molar-refractivity contribution in [1.29, 1.82) is 0 Å². The van der Waals surface area contributed by atoms with E-state index in [0.717, 1.165) is 66.7 Å². The van der Waals surface area contributed by atoms with Crippen molar-refractivity contribution in [1.82, 2.24) is 20.9 Å². The smallest absolute Gasteiger partial charge is 0.355 e. The lowest BCUT2D eigenvalue weighted by atomic mass is 9.74. The van der Waals surface area contributed by atoms with Gasteiger partial charge in [0.05, 0.1) is 56.7 Å². The molecule has 0 heterocycles. The van der Waals surface area contributed by atoms with Crippen molar-refractivity contribution in [3.8, 4) is 0 Å². The number of hydrogen-bond donors (Lipinski definition) is 3. The van der Waals surface area contributed by atoms with Crippen molar-refractivity contribution in [2.75, 3.05) is 71.9 Å². The number of nitrogens with one attached hydrogen (secondary N) is 3. The summed E-state index contributed by atoms with van der Waals surface area (Å²) in [6.45, 7) is 105. The Morgan fingerprint density at radius 1 is 0.382 bits per heavy atom. The highest BCUT2D eigenvalue weighted by atomic mass is 32.2. The van der Waals surface area contributed by atoms with Gasteiger partial charge in [-0.2, -0.15) is 13.2 Å². The van der Waals surface area contributed by atoms with Crippen LogP contribution in [-0.4, -0.2) is 160 Å². The zero-order valence-electron chi connectivity index (χ0n) is 102. The second kappa shape index (κ2) is 59.4. The SMILES string of the molecule is CC(C)(C)C(=O)CC(C(C)(C)C)C(F)(F)F.CC(C)(C)C(=O)Cc1ccc(C(C)(C)C)cc1.CC(C)(C)C(=O)c1cc(C(C)(C)C)ccc1F.CC(C)(C)CC(=O)C(C)(C)C.CC(C)(C)CCS(=O)(=O)CCCC(=O)C(C)(C)C.CC(C)(C)CC[N+](C)(C)CCNC(=O)CCC(=O)C(C)(C)C.CC(C)NCc1cc(CC(=O)C(C)(C)C)ccc1C(C)(C)C.CN(CCNC(=O)CCC(=O)C(C)(C)C)CCC(C)(C)C. The number of hydrogen-bond acceptors (Lipinski definition) is 14. The van der Waals surface area contributed by atoms with Crippen molar-refractivity contribution >= 4 is 67.9 Å². The number of sulfone groups is 1. The monoisotopic (exact) mass is 2050 g/mol. The summed E-state index contributed by atoms with van der Waals surface area (Å²) in [5.41, 5.74) is 4.43. The molecule has 0 saturated carbocycles. The number of ketones is 8. The summed E-state index contributed by atoms with van der Waals surface area (Å²) in [5, 5.41) is 9.32. The number of carbonyl (C=O) groups is 10. The van der Waals surface area contributed by atoms with Crippen LogP contribution in [0.15, 0.2) is 60.7 Å². The van der Waals surface area contributed by atoms with Gasteiger partial charge >= 0.3 is 6.18 Å². The van der Waals surface area contributed by atoms with Crippen molar-refractivity contribution in [2.24, 2.45) is 76.3 Å². The van der Waals surface area contributed by atoms with Crippen LogP contribution in [0.4, 0.5) is 17.6 Å². The van der Waals surface area contributed by atoms with E-state index in [-0.39, 0.29) is 117 Å². The van der Waals surface area contributed by atoms with E-state index in [1.54, 1.807) is 53.7 Å². The molecule has 0 saturated heterocycles. The Labute approximate surface area is 880 Å². The van der Waals surface area contributed by atoms with Crippen molar-refractivity contribution in [3.63, 3.8) is 0 Å². The molecule has 22 heteroatoms. The van der Waals surface area contributed by atoms with E-state index in [9.17, 15) is 73.9 Å². The van der Waals surface area contributed by atoms with Crippen LogP contribution in [0, 0.1) is 82.1 Å². The lowest BCUT2D eigenvalue weighted by Gasteiger charge is -2.33. The van der Waals surface area contributed by atoms with Crippen LogP contribution in [-0.2, 0) is 88.6 Å². The van der Waals surface area contributed by atoms with Gasteiger partial charge in [-0.1, -0.05) is 395 Å². The first-order chi connectivity index (χ1) is 63.4. The largest absolute Gasteiger partial charge is 0.392 e. The number of Topliss-reactive ketones (excluding diaryl/α,β-unsaturated/α-hetero) is 8. The highest BCUT2D eigenvalue weighted by molar-refractivity contribution is 7.91. The maximum atomic E-state index is 13.7. The fourth-order valence-electron chi connectivity index (χ4n) is 12.7. The van der Waals surface area contributed by atoms with E-state index in [1.807, 2.05) is 166 Å². The lowest BCUT2D eigenvalue weighted by molar-refractivity contribution is -0.889. The molecular formula is C122H218F4N5O12S+. The number of halogens is 4. The van der Waals surface area contributed by atoms with Gasteiger partial charge in [-0.15, -0.1) is 0 Å². The Morgan fingerprint density at radius 3 is 1.10 bits per heavy atom. The Morgan fingerprint density at radius 2 is 0.757 bits per heavy atom. The van der Waals surface area contributed by atoms with Gasteiger partial charge in [0.15, 0.2) is 5.78 Å². The molecule has 1 atom stereocenters. The van der Waals surface area contributed by atoms with Crippen LogP contribution in [0.1, 0.15) is 461 Å². The summed E-state index contributed by atoms with van der Waals surface area (Å²) in [6.07, 6.45) is 2.00. The van der Waals surface area contributed by atoms with Crippen LogP contribution in [0.25, 0.3) is 0 Å². The highest BCUT2D eigenvalue weighted by Crippen LogP contribution is 2.44. The number of carbonyl (C=O) groups excluding carboxylic acids is 10. The lowest BCUT2D eigenvalue weighted by Crippen LogP contribution is -2.46. The molecule has 0 aliphatic heterocycles. The van der Waals surface area contributed by atoms with E-state index in [4.69, 9.17) is 0 Å². The average molecular weight is 2060 g/mol. The van der Waals surface area contributed by atoms with Crippen molar-refractivity contribution in [3.05, 3.63) is 105 Å². The van der Waals surface area contributed by atoms with E-state index in [1.165, 1.54) is 43.5 Å². The molecule has 0 aromatic heterocycles. The molecule has 0 spiro atoms. The molecule has 144 heavy (non-hydrogen) atoms. The molecule has 3 rings (SSSR count). The van der Waals surface area contributed by atoms with Gasteiger partial charge < -0.3 is 25.3 Å². The molecule has 3 aromatic carbocycles. The Bertz CT molecular complexity index is 4520. The van der Waals surface area contributed by atoms with Gasteiger partial charge in [0.1, 0.15) is 56.1 Å². The predicted octanol–water partition coefficient (Wildman–Crippen LogP) is 29.5. The average Bonchev–Trinajstić information content (AvgIpc) is 0.801. The Hall–Kier alpha value is -6.49. The van der Waals surface area contributed by atoms with Crippen LogP contribution < -0.4 is 16.0 Å². The zero-order valence-corrected chi connectivity index (χ0v) is 103. The number of rotatable bonds is 33.